The van der Waals surface area contributed by atoms with Gasteiger partial charge in [-0.05, 0) is 65.7 Å². The molecule has 0 aliphatic heterocycles. The normalized spacial score (nSPS) is 11.9. The van der Waals surface area contributed by atoms with Crippen LogP contribution in [0.1, 0.15) is 0 Å². The van der Waals surface area contributed by atoms with Crippen molar-refractivity contribution in [2.75, 3.05) is 0 Å². The van der Waals surface area contributed by atoms with Crippen molar-refractivity contribution in [2.24, 2.45) is 0 Å². The van der Waals surface area contributed by atoms with E-state index in [1.807, 2.05) is 30.3 Å². The Kier molecular flexibility index (Phi) is 7.03. The lowest BCUT2D eigenvalue weighted by Crippen LogP contribution is -2.00. The summed E-state index contributed by atoms with van der Waals surface area (Å²) in [6.45, 7) is 0. The van der Waals surface area contributed by atoms with Crippen LogP contribution < -0.4 is 0 Å². The van der Waals surface area contributed by atoms with Gasteiger partial charge in [-0.25, -0.2) is 15.0 Å². The summed E-state index contributed by atoms with van der Waals surface area (Å²) >= 11 is 1.77. The van der Waals surface area contributed by atoms with E-state index in [0.717, 1.165) is 60.1 Å². The van der Waals surface area contributed by atoms with Gasteiger partial charge in [0.1, 0.15) is 11.2 Å². The maximum absolute atomic E-state index is 6.82. The summed E-state index contributed by atoms with van der Waals surface area (Å²) in [4.78, 5) is 15.5. The average Bonchev–Trinajstić information content (AvgIpc) is 3.96. The van der Waals surface area contributed by atoms with Gasteiger partial charge in [0, 0.05) is 58.5 Å². The van der Waals surface area contributed by atoms with Crippen molar-refractivity contribution in [3.8, 4) is 51.0 Å². The van der Waals surface area contributed by atoms with Gasteiger partial charge >= 0.3 is 0 Å². The Bertz CT molecular complexity index is 3530. The van der Waals surface area contributed by atoms with Gasteiger partial charge in [0.15, 0.2) is 17.5 Å². The zero-order chi connectivity index (χ0) is 37.5. The molecule has 0 saturated heterocycles. The molecule has 12 aromatic rings. The Morgan fingerprint density at radius 2 is 1.05 bits per heavy atom. The third kappa shape index (κ3) is 4.98. The Morgan fingerprint density at radius 3 is 1.91 bits per heavy atom. The smallest absolute Gasteiger partial charge is 0.167 e. The van der Waals surface area contributed by atoms with E-state index < -0.39 is 0 Å². The molecular formula is C51H30N4OS. The number of hydrogen-bond acceptors (Lipinski definition) is 5. The highest BCUT2D eigenvalue weighted by atomic mass is 32.1. The summed E-state index contributed by atoms with van der Waals surface area (Å²) < 4.78 is 11.6. The first-order chi connectivity index (χ1) is 28.3. The van der Waals surface area contributed by atoms with Gasteiger partial charge in [-0.3, -0.25) is 0 Å². The monoisotopic (exact) mass is 746 g/mol. The van der Waals surface area contributed by atoms with Crippen molar-refractivity contribution in [3.05, 3.63) is 182 Å². The molecule has 0 amide bonds. The number of fused-ring (bicyclic) bond motifs is 9. The van der Waals surface area contributed by atoms with E-state index in [1.165, 1.54) is 37.3 Å². The number of rotatable bonds is 5. The fraction of sp³-hybridized carbons (Fsp3) is 0. The molecule has 0 aliphatic rings. The van der Waals surface area contributed by atoms with Crippen molar-refractivity contribution in [1.29, 1.82) is 0 Å². The first kappa shape index (κ1) is 31.9. The first-order valence-electron chi connectivity index (χ1n) is 19.0. The van der Waals surface area contributed by atoms with E-state index in [9.17, 15) is 0 Å². The molecule has 0 fully saturated rings. The van der Waals surface area contributed by atoms with Gasteiger partial charge in [0.25, 0.3) is 0 Å². The lowest BCUT2D eigenvalue weighted by atomic mass is 9.97. The van der Waals surface area contributed by atoms with Crippen LogP contribution in [0, 0.1) is 0 Å². The van der Waals surface area contributed by atoms with E-state index in [-0.39, 0.29) is 0 Å². The number of hydrogen-bond donors (Lipinski definition) is 0. The molecule has 0 spiro atoms. The minimum atomic E-state index is 0.568. The number of nitrogens with zero attached hydrogens (tertiary/aromatic N) is 4. The van der Waals surface area contributed by atoms with Gasteiger partial charge in [0.2, 0.25) is 0 Å². The third-order valence-electron chi connectivity index (χ3n) is 11.1. The topological polar surface area (TPSA) is 56.7 Å². The molecule has 4 aromatic heterocycles. The standard InChI is InChI=1S/C51H30N4OS/c1-3-14-31(15-4-1)49-52-50(54-51(53-49)40-24-11-21-37-36-19-8-10-27-45(36)57-48(37)40)39-23-12-22-38-46-34(20-13-26-44(46)56-47(38)39)32-28-29-43-41(30-32)35-18-7-9-25-42(35)55(43)33-16-5-2-6-17-33/h1-30H. The van der Waals surface area contributed by atoms with Crippen molar-refractivity contribution < 1.29 is 4.42 Å². The summed E-state index contributed by atoms with van der Waals surface area (Å²) in [5.74, 6) is 1.82. The number of para-hydroxylation sites is 3. The van der Waals surface area contributed by atoms with Gasteiger partial charge < -0.3 is 8.98 Å². The molecule has 0 atom stereocenters. The maximum Gasteiger partial charge on any atom is 0.167 e. The van der Waals surface area contributed by atoms with Crippen LogP contribution in [0.5, 0.6) is 0 Å². The summed E-state index contributed by atoms with van der Waals surface area (Å²) in [7, 11) is 0. The number of furan rings is 1. The minimum absolute atomic E-state index is 0.568. The maximum atomic E-state index is 6.82. The van der Waals surface area contributed by atoms with Crippen molar-refractivity contribution >= 4 is 75.3 Å². The van der Waals surface area contributed by atoms with E-state index >= 15 is 0 Å². The van der Waals surface area contributed by atoms with Crippen LogP contribution in [0.15, 0.2) is 186 Å². The van der Waals surface area contributed by atoms with Crippen LogP contribution in [-0.4, -0.2) is 19.5 Å². The van der Waals surface area contributed by atoms with Gasteiger partial charge in [-0.15, -0.1) is 11.3 Å². The van der Waals surface area contributed by atoms with Gasteiger partial charge in [0.05, 0.1) is 16.6 Å². The molecule has 57 heavy (non-hydrogen) atoms. The zero-order valence-corrected chi connectivity index (χ0v) is 31.2. The Labute approximate surface area is 330 Å². The molecule has 0 aliphatic carbocycles. The highest BCUT2D eigenvalue weighted by Crippen LogP contribution is 2.43. The molecule has 0 radical (unpaired) electrons. The number of benzene rings is 8. The lowest BCUT2D eigenvalue weighted by Gasteiger charge is -2.09. The molecular weight excluding hydrogens is 717 g/mol. The van der Waals surface area contributed by atoms with E-state index in [2.05, 4.69) is 156 Å². The molecule has 0 saturated carbocycles. The zero-order valence-electron chi connectivity index (χ0n) is 30.4. The third-order valence-corrected chi connectivity index (χ3v) is 12.3. The predicted molar refractivity (Wildman–Crippen MR) is 236 cm³/mol. The summed E-state index contributed by atoms with van der Waals surface area (Å²) in [5, 5.41) is 6.94. The van der Waals surface area contributed by atoms with Crippen molar-refractivity contribution in [2.45, 2.75) is 0 Å². The molecule has 0 N–H and O–H groups in total. The molecule has 4 heterocycles. The van der Waals surface area contributed by atoms with Gasteiger partial charge in [-0.2, -0.15) is 0 Å². The fourth-order valence-electron chi connectivity index (χ4n) is 8.52. The van der Waals surface area contributed by atoms with Crippen LogP contribution in [0.3, 0.4) is 0 Å². The van der Waals surface area contributed by atoms with Crippen LogP contribution in [0.25, 0.3) is 115 Å². The molecule has 12 rings (SSSR count). The second-order valence-corrected chi connectivity index (χ2v) is 15.4. The molecule has 8 aromatic carbocycles. The highest BCUT2D eigenvalue weighted by Gasteiger charge is 2.21. The van der Waals surface area contributed by atoms with Crippen LogP contribution in [-0.2, 0) is 0 Å². The Balaban J connectivity index is 1.06. The quantitative estimate of drug-likeness (QED) is 0.176. The second kappa shape index (κ2) is 12.6. The molecule has 5 nitrogen and oxygen atoms in total. The van der Waals surface area contributed by atoms with Crippen LogP contribution in [0.2, 0.25) is 0 Å². The second-order valence-electron chi connectivity index (χ2n) is 14.3. The number of thiophene rings is 1. The SMILES string of the molecule is c1ccc(-c2nc(-c3cccc4c3oc3cccc(-c5ccc6c(c5)c5ccccc5n6-c5ccccc5)c34)nc(-c3cccc4c3sc3ccccc34)n2)cc1. The Morgan fingerprint density at radius 1 is 0.421 bits per heavy atom. The summed E-state index contributed by atoms with van der Waals surface area (Å²) in [6, 6.07) is 63.7. The Hall–Kier alpha value is -7.41. The van der Waals surface area contributed by atoms with E-state index in [1.54, 1.807) is 11.3 Å². The van der Waals surface area contributed by atoms with E-state index in [0.29, 0.717) is 17.5 Å². The van der Waals surface area contributed by atoms with Crippen LogP contribution in [0.4, 0.5) is 0 Å². The molecule has 6 heteroatoms. The molecule has 0 unspecified atom stereocenters. The van der Waals surface area contributed by atoms with Gasteiger partial charge in [-0.1, -0.05) is 127 Å². The summed E-state index contributed by atoms with van der Waals surface area (Å²) in [6.07, 6.45) is 0. The van der Waals surface area contributed by atoms with E-state index in [4.69, 9.17) is 19.4 Å². The predicted octanol–water partition coefficient (Wildman–Crippen LogP) is 13.9. The fourth-order valence-corrected chi connectivity index (χ4v) is 9.73. The van der Waals surface area contributed by atoms with Crippen molar-refractivity contribution in [3.63, 3.8) is 0 Å². The highest BCUT2D eigenvalue weighted by molar-refractivity contribution is 7.26. The van der Waals surface area contributed by atoms with Crippen molar-refractivity contribution in [1.82, 2.24) is 19.5 Å². The largest absolute Gasteiger partial charge is 0.455 e. The molecule has 266 valence electrons. The lowest BCUT2D eigenvalue weighted by molar-refractivity contribution is 0.669. The summed E-state index contributed by atoms with van der Waals surface area (Å²) in [5.41, 5.74) is 10.0. The van der Waals surface area contributed by atoms with Crippen LogP contribution >= 0.6 is 11.3 Å². The first-order valence-corrected chi connectivity index (χ1v) is 19.8. The minimum Gasteiger partial charge on any atom is -0.455 e. The molecule has 0 bridgehead atoms. The average molecular weight is 747 g/mol. The number of aromatic nitrogens is 4.